The van der Waals surface area contributed by atoms with Crippen molar-refractivity contribution < 1.29 is 9.53 Å². The minimum Gasteiger partial charge on any atom is -0.380 e. The molecular weight excluding hydrogens is 332 g/mol. The molecule has 1 aromatic heterocycles. The van der Waals surface area contributed by atoms with E-state index in [0.717, 1.165) is 15.8 Å². The van der Waals surface area contributed by atoms with Crippen molar-refractivity contribution in [2.24, 2.45) is 4.99 Å². The molecule has 0 aliphatic carbocycles. The number of rotatable bonds is 6. The van der Waals surface area contributed by atoms with E-state index in [-0.39, 0.29) is 5.91 Å². The van der Waals surface area contributed by atoms with Gasteiger partial charge in [-0.1, -0.05) is 53.8 Å². The number of aromatic nitrogens is 1. The normalized spacial score (nSPS) is 12.3. The van der Waals surface area contributed by atoms with Gasteiger partial charge in [-0.05, 0) is 30.7 Å². The molecule has 128 valence electrons. The Kier molecular flexibility index (Phi) is 5.93. The summed E-state index contributed by atoms with van der Waals surface area (Å²) < 4.78 is 8.62. The standard InChI is InChI=1S/C20H20N2O2S/c1-2-24-15-14-22-17-10-6-7-11-18(17)25-20(22)21-19(23)13-12-16-8-4-3-5-9-16/h3-13H,2,14-15H2,1H3. The molecule has 0 spiro atoms. The van der Waals surface area contributed by atoms with Gasteiger partial charge in [0.1, 0.15) is 0 Å². The molecule has 4 nitrogen and oxygen atoms in total. The van der Waals surface area contributed by atoms with E-state index in [2.05, 4.69) is 4.99 Å². The average Bonchev–Trinajstić information content (AvgIpc) is 2.98. The highest BCUT2D eigenvalue weighted by molar-refractivity contribution is 7.16. The van der Waals surface area contributed by atoms with Crippen LogP contribution in [-0.4, -0.2) is 23.7 Å². The third-order valence-electron chi connectivity index (χ3n) is 3.68. The Hall–Kier alpha value is -2.50. The van der Waals surface area contributed by atoms with Gasteiger partial charge < -0.3 is 9.30 Å². The Morgan fingerprint density at radius 1 is 1.16 bits per heavy atom. The molecule has 0 aliphatic rings. The molecule has 3 rings (SSSR count). The molecular formula is C20H20N2O2S. The number of thiazole rings is 1. The topological polar surface area (TPSA) is 43.6 Å². The van der Waals surface area contributed by atoms with Gasteiger partial charge in [-0.25, -0.2) is 0 Å². The number of benzene rings is 2. The Balaban J connectivity index is 1.90. The second-order valence-electron chi connectivity index (χ2n) is 5.39. The number of hydrogen-bond acceptors (Lipinski definition) is 3. The van der Waals surface area contributed by atoms with Gasteiger partial charge in [-0.3, -0.25) is 4.79 Å². The van der Waals surface area contributed by atoms with Gasteiger partial charge in [0.2, 0.25) is 0 Å². The van der Waals surface area contributed by atoms with Gasteiger partial charge in [-0.15, -0.1) is 0 Å². The molecule has 0 atom stereocenters. The van der Waals surface area contributed by atoms with Crippen LogP contribution in [0.25, 0.3) is 16.3 Å². The first-order valence-corrected chi connectivity index (χ1v) is 9.07. The first-order chi connectivity index (χ1) is 12.3. The maximum Gasteiger partial charge on any atom is 0.272 e. The van der Waals surface area contributed by atoms with Crippen molar-refractivity contribution in [3.8, 4) is 0 Å². The van der Waals surface area contributed by atoms with Crippen LogP contribution >= 0.6 is 11.3 Å². The van der Waals surface area contributed by atoms with Gasteiger partial charge in [-0.2, -0.15) is 4.99 Å². The lowest BCUT2D eigenvalue weighted by Gasteiger charge is -2.04. The lowest BCUT2D eigenvalue weighted by molar-refractivity contribution is -0.113. The minimum absolute atomic E-state index is 0.263. The van der Waals surface area contributed by atoms with E-state index in [0.29, 0.717) is 24.6 Å². The van der Waals surface area contributed by atoms with E-state index in [1.165, 1.54) is 17.4 Å². The third kappa shape index (κ3) is 4.53. The van der Waals surface area contributed by atoms with E-state index < -0.39 is 0 Å². The largest absolute Gasteiger partial charge is 0.380 e. The van der Waals surface area contributed by atoms with Crippen molar-refractivity contribution >= 4 is 33.5 Å². The summed E-state index contributed by atoms with van der Waals surface area (Å²) in [6.07, 6.45) is 3.29. The van der Waals surface area contributed by atoms with Crippen LogP contribution in [0.5, 0.6) is 0 Å². The lowest BCUT2D eigenvalue weighted by Crippen LogP contribution is -2.19. The zero-order valence-corrected chi connectivity index (χ0v) is 14.9. The molecule has 0 aliphatic heterocycles. The molecule has 0 bridgehead atoms. The maximum atomic E-state index is 12.3. The quantitative estimate of drug-likeness (QED) is 0.499. The molecule has 0 fully saturated rings. The smallest absolute Gasteiger partial charge is 0.272 e. The highest BCUT2D eigenvalue weighted by Gasteiger charge is 2.06. The van der Waals surface area contributed by atoms with Crippen molar-refractivity contribution in [1.82, 2.24) is 4.57 Å². The molecule has 0 saturated carbocycles. The van der Waals surface area contributed by atoms with Gasteiger partial charge >= 0.3 is 0 Å². The summed E-state index contributed by atoms with van der Waals surface area (Å²) in [6.45, 7) is 3.91. The number of carbonyl (C=O) groups is 1. The lowest BCUT2D eigenvalue weighted by atomic mass is 10.2. The number of hydrogen-bond donors (Lipinski definition) is 0. The monoisotopic (exact) mass is 352 g/mol. The highest BCUT2D eigenvalue weighted by atomic mass is 32.1. The SMILES string of the molecule is CCOCCn1c(=NC(=O)C=Cc2ccccc2)sc2ccccc21. The molecule has 0 unspecified atom stereocenters. The molecule has 0 radical (unpaired) electrons. The molecule has 1 amide bonds. The fourth-order valence-electron chi connectivity index (χ4n) is 2.49. The number of carbonyl (C=O) groups excluding carboxylic acids is 1. The maximum absolute atomic E-state index is 12.3. The summed E-state index contributed by atoms with van der Waals surface area (Å²) in [4.78, 5) is 17.2. The van der Waals surface area contributed by atoms with Crippen LogP contribution in [0.15, 0.2) is 65.7 Å². The number of para-hydroxylation sites is 1. The van der Waals surface area contributed by atoms with Crippen LogP contribution in [0, 0.1) is 0 Å². The summed E-state index contributed by atoms with van der Waals surface area (Å²) in [6, 6.07) is 17.8. The predicted molar refractivity (Wildman–Crippen MR) is 102 cm³/mol. The van der Waals surface area contributed by atoms with Crippen LogP contribution in [0.4, 0.5) is 0 Å². The Morgan fingerprint density at radius 3 is 2.72 bits per heavy atom. The van der Waals surface area contributed by atoms with Crippen LogP contribution < -0.4 is 4.80 Å². The van der Waals surface area contributed by atoms with E-state index in [1.807, 2.05) is 66.1 Å². The van der Waals surface area contributed by atoms with E-state index in [9.17, 15) is 4.79 Å². The van der Waals surface area contributed by atoms with E-state index >= 15 is 0 Å². The Morgan fingerprint density at radius 2 is 1.92 bits per heavy atom. The summed E-state index contributed by atoms with van der Waals surface area (Å²) in [7, 11) is 0. The summed E-state index contributed by atoms with van der Waals surface area (Å²) >= 11 is 1.52. The molecule has 0 saturated heterocycles. The molecule has 5 heteroatoms. The second-order valence-corrected chi connectivity index (χ2v) is 6.40. The van der Waals surface area contributed by atoms with Gasteiger partial charge in [0.25, 0.3) is 5.91 Å². The van der Waals surface area contributed by atoms with Crippen molar-refractivity contribution in [3.63, 3.8) is 0 Å². The van der Waals surface area contributed by atoms with Gasteiger partial charge in [0.05, 0.1) is 16.8 Å². The average molecular weight is 352 g/mol. The third-order valence-corrected chi connectivity index (χ3v) is 4.73. The Labute approximate surface area is 150 Å². The number of ether oxygens (including phenoxy) is 1. The summed E-state index contributed by atoms with van der Waals surface area (Å²) in [5.41, 5.74) is 2.05. The van der Waals surface area contributed by atoms with E-state index in [4.69, 9.17) is 4.74 Å². The molecule has 3 aromatic rings. The fourth-order valence-corrected chi connectivity index (χ4v) is 3.55. The number of amides is 1. The minimum atomic E-state index is -0.263. The number of fused-ring (bicyclic) bond motifs is 1. The zero-order chi connectivity index (χ0) is 17.5. The summed E-state index contributed by atoms with van der Waals surface area (Å²) in [5.74, 6) is -0.263. The van der Waals surface area contributed by atoms with Crippen LogP contribution in [0.2, 0.25) is 0 Å². The number of nitrogens with zero attached hydrogens (tertiary/aromatic N) is 2. The second kappa shape index (κ2) is 8.55. The van der Waals surface area contributed by atoms with Crippen LogP contribution in [0.1, 0.15) is 12.5 Å². The fraction of sp³-hybridized carbons (Fsp3) is 0.200. The molecule has 1 heterocycles. The van der Waals surface area contributed by atoms with Gasteiger partial charge in [0.15, 0.2) is 4.80 Å². The van der Waals surface area contributed by atoms with E-state index in [1.54, 1.807) is 6.08 Å². The van der Waals surface area contributed by atoms with Gasteiger partial charge in [0, 0.05) is 19.2 Å². The molecule has 0 N–H and O–H groups in total. The highest BCUT2D eigenvalue weighted by Crippen LogP contribution is 2.16. The Bertz CT molecular complexity index is 939. The van der Waals surface area contributed by atoms with Crippen molar-refractivity contribution in [2.75, 3.05) is 13.2 Å². The first kappa shape index (κ1) is 17.3. The molecule has 25 heavy (non-hydrogen) atoms. The van der Waals surface area contributed by atoms with Crippen molar-refractivity contribution in [2.45, 2.75) is 13.5 Å². The molecule has 2 aromatic carbocycles. The predicted octanol–water partition coefficient (Wildman–Crippen LogP) is 3.88. The first-order valence-electron chi connectivity index (χ1n) is 8.26. The van der Waals surface area contributed by atoms with Crippen molar-refractivity contribution in [3.05, 3.63) is 71.0 Å². The van der Waals surface area contributed by atoms with Crippen LogP contribution in [-0.2, 0) is 16.1 Å². The summed E-state index contributed by atoms with van der Waals surface area (Å²) in [5, 5.41) is 0. The van der Waals surface area contributed by atoms with Crippen LogP contribution in [0.3, 0.4) is 0 Å². The zero-order valence-electron chi connectivity index (χ0n) is 14.1. The van der Waals surface area contributed by atoms with Crippen molar-refractivity contribution in [1.29, 1.82) is 0 Å².